The molecule has 0 bridgehead atoms. The fourth-order valence-electron chi connectivity index (χ4n) is 2.89. The van der Waals surface area contributed by atoms with Crippen molar-refractivity contribution in [3.8, 4) is 6.07 Å². The van der Waals surface area contributed by atoms with E-state index in [9.17, 15) is 4.79 Å². The molecular weight excluding hydrogens is 234 g/mol. The monoisotopic (exact) mass is 249 g/mol. The van der Waals surface area contributed by atoms with Crippen molar-refractivity contribution in [1.82, 2.24) is 0 Å². The number of hydrogen-bond donors (Lipinski definition) is 0. The Morgan fingerprint density at radius 2 is 1.89 bits per heavy atom. The van der Waals surface area contributed by atoms with E-state index in [0.717, 1.165) is 17.4 Å². The van der Waals surface area contributed by atoms with Crippen LogP contribution in [-0.4, -0.2) is 5.78 Å². The molecular formula is C17H15NO. The highest BCUT2D eigenvalue weighted by Crippen LogP contribution is 2.34. The average Bonchev–Trinajstić information content (AvgIpc) is 2.47. The SMILES string of the molecule is N#CC1CCC(=O)C(c2ccc3ccccc3c2)C1. The largest absolute Gasteiger partial charge is 0.299 e. The van der Waals surface area contributed by atoms with Crippen molar-refractivity contribution < 1.29 is 4.79 Å². The Balaban J connectivity index is 1.98. The lowest BCUT2D eigenvalue weighted by molar-refractivity contribution is -0.122. The third kappa shape index (κ3) is 2.24. The summed E-state index contributed by atoms with van der Waals surface area (Å²) in [6.07, 6.45) is 1.93. The predicted molar refractivity (Wildman–Crippen MR) is 74.7 cm³/mol. The molecule has 2 atom stereocenters. The van der Waals surface area contributed by atoms with Gasteiger partial charge in [0, 0.05) is 18.3 Å². The molecule has 2 aromatic carbocycles. The first-order valence-corrected chi connectivity index (χ1v) is 6.69. The first kappa shape index (κ1) is 11.9. The van der Waals surface area contributed by atoms with Gasteiger partial charge in [-0.05, 0) is 29.2 Å². The van der Waals surface area contributed by atoms with Gasteiger partial charge in [0.25, 0.3) is 0 Å². The maximum atomic E-state index is 12.1. The summed E-state index contributed by atoms with van der Waals surface area (Å²) in [5.41, 5.74) is 1.06. The van der Waals surface area contributed by atoms with E-state index in [1.165, 1.54) is 5.39 Å². The smallest absolute Gasteiger partial charge is 0.140 e. The second kappa shape index (κ2) is 4.85. The Morgan fingerprint density at radius 3 is 2.68 bits per heavy atom. The Bertz CT molecular complexity index is 668. The highest BCUT2D eigenvalue weighted by Gasteiger charge is 2.29. The van der Waals surface area contributed by atoms with E-state index in [-0.39, 0.29) is 17.6 Å². The topological polar surface area (TPSA) is 40.9 Å². The summed E-state index contributed by atoms with van der Waals surface area (Å²) in [5.74, 6) is 0.207. The Hall–Kier alpha value is -2.14. The normalized spacial score (nSPS) is 23.2. The molecule has 0 heterocycles. The summed E-state index contributed by atoms with van der Waals surface area (Å²) in [4.78, 5) is 12.1. The zero-order valence-corrected chi connectivity index (χ0v) is 10.7. The second-order valence-corrected chi connectivity index (χ2v) is 5.23. The van der Waals surface area contributed by atoms with Crippen molar-refractivity contribution in [2.45, 2.75) is 25.2 Å². The molecule has 2 heteroatoms. The van der Waals surface area contributed by atoms with Crippen molar-refractivity contribution in [2.75, 3.05) is 0 Å². The van der Waals surface area contributed by atoms with E-state index in [1.807, 2.05) is 18.2 Å². The van der Waals surface area contributed by atoms with Gasteiger partial charge >= 0.3 is 0 Å². The lowest BCUT2D eigenvalue weighted by Crippen LogP contribution is -2.22. The molecule has 1 aliphatic carbocycles. The molecule has 1 saturated carbocycles. The maximum Gasteiger partial charge on any atom is 0.140 e. The molecule has 1 fully saturated rings. The lowest BCUT2D eigenvalue weighted by Gasteiger charge is -2.24. The van der Waals surface area contributed by atoms with Gasteiger partial charge in [-0.25, -0.2) is 0 Å². The van der Waals surface area contributed by atoms with Crippen LogP contribution >= 0.6 is 0 Å². The molecule has 2 aromatic rings. The molecule has 0 saturated heterocycles. The predicted octanol–water partition coefficient (Wildman–Crippen LogP) is 3.82. The van der Waals surface area contributed by atoms with Gasteiger partial charge in [0.2, 0.25) is 0 Å². The Kier molecular flexibility index (Phi) is 3.05. The zero-order chi connectivity index (χ0) is 13.2. The Labute approximate surface area is 112 Å². The number of carbonyl (C=O) groups excluding carboxylic acids is 1. The summed E-state index contributed by atoms with van der Waals surface area (Å²) in [5, 5.41) is 11.4. The van der Waals surface area contributed by atoms with Gasteiger partial charge in [0.1, 0.15) is 5.78 Å². The van der Waals surface area contributed by atoms with Gasteiger partial charge < -0.3 is 0 Å². The first-order chi connectivity index (χ1) is 9.28. The van der Waals surface area contributed by atoms with Crippen LogP contribution < -0.4 is 0 Å². The van der Waals surface area contributed by atoms with Crippen LogP contribution in [0, 0.1) is 17.2 Å². The third-order valence-electron chi connectivity index (χ3n) is 4.01. The van der Waals surface area contributed by atoms with E-state index >= 15 is 0 Å². The molecule has 0 amide bonds. The number of nitrogens with zero attached hydrogens (tertiary/aromatic N) is 1. The number of carbonyl (C=O) groups is 1. The Morgan fingerprint density at radius 1 is 1.11 bits per heavy atom. The van der Waals surface area contributed by atoms with Gasteiger partial charge in [-0.3, -0.25) is 4.79 Å². The molecule has 0 spiro atoms. The fraction of sp³-hybridized carbons (Fsp3) is 0.294. The average molecular weight is 249 g/mol. The van der Waals surface area contributed by atoms with Gasteiger partial charge in [0.05, 0.1) is 6.07 Å². The zero-order valence-electron chi connectivity index (χ0n) is 10.7. The minimum Gasteiger partial charge on any atom is -0.299 e. The van der Waals surface area contributed by atoms with Gasteiger partial charge in [0.15, 0.2) is 0 Å². The number of nitriles is 1. The standard InChI is InChI=1S/C17H15NO/c18-11-12-5-8-17(19)16(9-12)15-7-6-13-3-1-2-4-14(13)10-15/h1-4,6-7,10,12,16H,5,8-9H2. The van der Waals surface area contributed by atoms with Crippen LogP contribution in [0.1, 0.15) is 30.7 Å². The molecule has 0 N–H and O–H groups in total. The van der Waals surface area contributed by atoms with Gasteiger partial charge in [-0.2, -0.15) is 5.26 Å². The summed E-state index contributed by atoms with van der Waals surface area (Å²) < 4.78 is 0. The fourth-order valence-corrected chi connectivity index (χ4v) is 2.89. The van der Waals surface area contributed by atoms with Crippen molar-refractivity contribution in [1.29, 1.82) is 5.26 Å². The quantitative estimate of drug-likeness (QED) is 0.771. The minimum atomic E-state index is -0.0944. The van der Waals surface area contributed by atoms with Crippen LogP contribution in [0.3, 0.4) is 0 Å². The molecule has 1 aliphatic rings. The molecule has 3 rings (SSSR count). The molecule has 0 aromatic heterocycles. The highest BCUT2D eigenvalue weighted by atomic mass is 16.1. The molecule has 2 nitrogen and oxygen atoms in total. The number of hydrogen-bond acceptors (Lipinski definition) is 2. The number of ketones is 1. The van der Waals surface area contributed by atoms with Crippen molar-refractivity contribution >= 4 is 16.6 Å². The lowest BCUT2D eigenvalue weighted by atomic mass is 9.77. The van der Waals surface area contributed by atoms with Gasteiger partial charge in [-0.15, -0.1) is 0 Å². The highest BCUT2D eigenvalue weighted by molar-refractivity contribution is 5.89. The van der Waals surface area contributed by atoms with Gasteiger partial charge in [-0.1, -0.05) is 42.5 Å². The van der Waals surface area contributed by atoms with Crippen molar-refractivity contribution in [2.24, 2.45) is 5.92 Å². The molecule has 94 valence electrons. The van der Waals surface area contributed by atoms with Crippen molar-refractivity contribution in [3.05, 3.63) is 48.0 Å². The minimum absolute atomic E-state index is 0.0224. The van der Waals surface area contributed by atoms with Crippen LogP contribution in [0.4, 0.5) is 0 Å². The number of fused-ring (bicyclic) bond motifs is 1. The van der Waals surface area contributed by atoms with E-state index in [1.54, 1.807) is 0 Å². The summed E-state index contributed by atoms with van der Waals surface area (Å²) >= 11 is 0. The third-order valence-corrected chi connectivity index (χ3v) is 4.01. The van der Waals surface area contributed by atoms with Crippen LogP contribution in [-0.2, 0) is 4.79 Å². The first-order valence-electron chi connectivity index (χ1n) is 6.69. The van der Waals surface area contributed by atoms with Crippen molar-refractivity contribution in [3.63, 3.8) is 0 Å². The van der Waals surface area contributed by atoms with E-state index in [4.69, 9.17) is 5.26 Å². The number of Topliss-reactive ketones (excluding diaryl/α,β-unsaturated/α-hetero) is 1. The number of rotatable bonds is 1. The van der Waals surface area contributed by atoms with E-state index < -0.39 is 0 Å². The summed E-state index contributed by atoms with van der Waals surface area (Å²) in [6.45, 7) is 0. The van der Waals surface area contributed by atoms with Crippen LogP contribution in [0.2, 0.25) is 0 Å². The van der Waals surface area contributed by atoms with Crippen LogP contribution in [0.15, 0.2) is 42.5 Å². The maximum absolute atomic E-state index is 12.1. The second-order valence-electron chi connectivity index (χ2n) is 5.23. The molecule has 0 radical (unpaired) electrons. The van der Waals surface area contributed by atoms with E-state index in [2.05, 4.69) is 30.3 Å². The van der Waals surface area contributed by atoms with Crippen LogP contribution in [0.25, 0.3) is 10.8 Å². The molecule has 19 heavy (non-hydrogen) atoms. The summed E-state index contributed by atoms with van der Waals surface area (Å²) in [6, 6.07) is 16.7. The molecule has 2 unspecified atom stereocenters. The molecule has 0 aliphatic heterocycles. The summed E-state index contributed by atoms with van der Waals surface area (Å²) in [7, 11) is 0. The van der Waals surface area contributed by atoms with E-state index in [0.29, 0.717) is 12.8 Å². The number of benzene rings is 2. The van der Waals surface area contributed by atoms with Crippen LogP contribution in [0.5, 0.6) is 0 Å².